The summed E-state index contributed by atoms with van der Waals surface area (Å²) in [4.78, 5) is 11.5. The van der Waals surface area contributed by atoms with E-state index < -0.39 is 11.9 Å². The Bertz CT molecular complexity index is 435. The van der Waals surface area contributed by atoms with Gasteiger partial charge < -0.3 is 10.1 Å². The minimum Gasteiger partial charge on any atom is -0.467 e. The Morgan fingerprint density at radius 1 is 1.59 bits per heavy atom. The summed E-state index contributed by atoms with van der Waals surface area (Å²) in [6, 6.07) is 3.84. The van der Waals surface area contributed by atoms with Crippen molar-refractivity contribution in [1.82, 2.24) is 0 Å². The molecule has 0 amide bonds. The zero-order chi connectivity index (χ0) is 12.4. The topological polar surface area (TPSA) is 38.3 Å². The second-order valence-corrected chi connectivity index (χ2v) is 4.54. The van der Waals surface area contributed by atoms with Crippen LogP contribution in [0.4, 0.5) is 10.1 Å². The van der Waals surface area contributed by atoms with Crippen molar-refractivity contribution in [2.75, 3.05) is 12.4 Å². The molecule has 17 heavy (non-hydrogen) atoms. The molecular formula is C12H13ClFNO2. The van der Waals surface area contributed by atoms with Crippen molar-refractivity contribution in [3.63, 3.8) is 0 Å². The molecule has 0 aromatic heterocycles. The first kappa shape index (κ1) is 12.2. The molecule has 2 rings (SSSR count). The molecular weight excluding hydrogens is 245 g/mol. The zero-order valence-corrected chi connectivity index (χ0v) is 10.1. The highest BCUT2D eigenvalue weighted by atomic mass is 35.5. The highest BCUT2D eigenvalue weighted by Crippen LogP contribution is 2.35. The van der Waals surface area contributed by atoms with Gasteiger partial charge in [0.05, 0.1) is 12.8 Å². The Labute approximate surface area is 104 Å². The summed E-state index contributed by atoms with van der Waals surface area (Å²) < 4.78 is 18.3. The quantitative estimate of drug-likeness (QED) is 0.843. The first-order valence-corrected chi connectivity index (χ1v) is 5.79. The van der Waals surface area contributed by atoms with Gasteiger partial charge >= 0.3 is 5.97 Å². The van der Waals surface area contributed by atoms with Crippen LogP contribution in [0.2, 0.25) is 5.02 Å². The molecule has 0 bridgehead atoms. The van der Waals surface area contributed by atoms with Crippen LogP contribution in [0.1, 0.15) is 12.8 Å². The lowest BCUT2D eigenvalue weighted by Gasteiger charge is -2.17. The summed E-state index contributed by atoms with van der Waals surface area (Å²) in [7, 11) is 1.33. The number of nitrogens with one attached hydrogen (secondary N) is 1. The molecule has 3 nitrogen and oxygen atoms in total. The van der Waals surface area contributed by atoms with Gasteiger partial charge in [0.2, 0.25) is 0 Å². The average molecular weight is 258 g/mol. The second kappa shape index (κ2) is 4.92. The fourth-order valence-corrected chi connectivity index (χ4v) is 1.86. The first-order chi connectivity index (χ1) is 8.11. The van der Waals surface area contributed by atoms with Crippen molar-refractivity contribution in [3.8, 4) is 0 Å². The average Bonchev–Trinajstić information content (AvgIpc) is 3.11. The first-order valence-electron chi connectivity index (χ1n) is 5.41. The number of anilines is 1. The lowest BCUT2D eigenvalue weighted by molar-refractivity contribution is -0.142. The van der Waals surface area contributed by atoms with Crippen LogP contribution >= 0.6 is 11.6 Å². The van der Waals surface area contributed by atoms with Crippen molar-refractivity contribution >= 4 is 23.3 Å². The molecule has 1 unspecified atom stereocenters. The minimum absolute atomic E-state index is 0.234. The molecule has 1 aromatic rings. The monoisotopic (exact) mass is 257 g/mol. The normalized spacial score (nSPS) is 16.4. The number of methoxy groups -OCH3 is 1. The summed E-state index contributed by atoms with van der Waals surface area (Å²) in [5, 5.41) is 3.21. The largest absolute Gasteiger partial charge is 0.467 e. The molecule has 1 atom stereocenters. The molecule has 1 aliphatic rings. The molecule has 1 aromatic carbocycles. The van der Waals surface area contributed by atoms with E-state index in [1.165, 1.54) is 19.2 Å². The summed E-state index contributed by atoms with van der Waals surface area (Å²) in [5.74, 6) is -0.591. The van der Waals surface area contributed by atoms with Gasteiger partial charge in [-0.25, -0.2) is 9.18 Å². The maximum Gasteiger partial charge on any atom is 0.328 e. The maximum absolute atomic E-state index is 13.6. The number of benzene rings is 1. The predicted molar refractivity (Wildman–Crippen MR) is 63.6 cm³/mol. The molecule has 0 saturated heterocycles. The molecule has 1 aliphatic carbocycles. The number of hydrogen-bond donors (Lipinski definition) is 1. The Kier molecular flexibility index (Phi) is 3.52. The SMILES string of the molecule is COC(=O)C(Nc1ccc(Cl)cc1F)C1CC1. The summed E-state index contributed by atoms with van der Waals surface area (Å²) in [6.07, 6.45) is 1.92. The Hall–Kier alpha value is -1.29. The van der Waals surface area contributed by atoms with E-state index in [4.69, 9.17) is 16.3 Å². The van der Waals surface area contributed by atoms with Gasteiger partial charge in [-0.2, -0.15) is 0 Å². The number of ether oxygens (including phenoxy) is 1. The van der Waals surface area contributed by atoms with Gasteiger partial charge in [0.1, 0.15) is 11.9 Å². The highest BCUT2D eigenvalue weighted by Gasteiger charge is 2.37. The van der Waals surface area contributed by atoms with E-state index in [9.17, 15) is 9.18 Å². The molecule has 1 fully saturated rings. The zero-order valence-electron chi connectivity index (χ0n) is 9.37. The molecule has 0 spiro atoms. The molecule has 92 valence electrons. The van der Waals surface area contributed by atoms with Gasteiger partial charge in [0.15, 0.2) is 0 Å². The van der Waals surface area contributed by atoms with Crippen molar-refractivity contribution in [3.05, 3.63) is 29.0 Å². The molecule has 1 saturated carbocycles. The Morgan fingerprint density at radius 3 is 2.82 bits per heavy atom. The van der Waals surface area contributed by atoms with Crippen LogP contribution in [0, 0.1) is 11.7 Å². The van der Waals surface area contributed by atoms with Gasteiger partial charge in [-0.1, -0.05) is 11.6 Å². The predicted octanol–water partition coefficient (Wildman–Crippen LogP) is 2.84. The van der Waals surface area contributed by atoms with Gasteiger partial charge in [-0.3, -0.25) is 0 Å². The van der Waals surface area contributed by atoms with E-state index in [1.807, 2.05) is 0 Å². The number of halogens is 2. The number of esters is 1. The molecule has 0 radical (unpaired) electrons. The lowest BCUT2D eigenvalue weighted by atomic mass is 10.1. The van der Waals surface area contributed by atoms with Crippen LogP contribution in [0.3, 0.4) is 0 Å². The van der Waals surface area contributed by atoms with E-state index in [-0.39, 0.29) is 17.6 Å². The highest BCUT2D eigenvalue weighted by molar-refractivity contribution is 6.30. The number of carbonyl (C=O) groups is 1. The summed E-state index contributed by atoms with van der Waals surface area (Å²) in [6.45, 7) is 0. The third-order valence-corrected chi connectivity index (χ3v) is 3.03. The van der Waals surface area contributed by atoms with E-state index in [2.05, 4.69) is 5.32 Å². The minimum atomic E-state index is -0.476. The van der Waals surface area contributed by atoms with Crippen LogP contribution in [0.25, 0.3) is 0 Å². The van der Waals surface area contributed by atoms with Crippen LogP contribution in [0.5, 0.6) is 0 Å². The van der Waals surface area contributed by atoms with Crippen molar-refractivity contribution < 1.29 is 13.9 Å². The fraction of sp³-hybridized carbons (Fsp3) is 0.417. The molecule has 0 heterocycles. The number of carbonyl (C=O) groups excluding carboxylic acids is 1. The van der Waals surface area contributed by atoms with E-state index in [0.29, 0.717) is 5.02 Å². The second-order valence-electron chi connectivity index (χ2n) is 4.11. The van der Waals surface area contributed by atoms with Gasteiger partial charge in [-0.15, -0.1) is 0 Å². The maximum atomic E-state index is 13.6. The molecule has 5 heteroatoms. The van der Waals surface area contributed by atoms with Gasteiger partial charge in [-0.05, 0) is 37.0 Å². The third kappa shape index (κ3) is 2.88. The smallest absolute Gasteiger partial charge is 0.328 e. The standard InChI is InChI=1S/C12H13ClFNO2/c1-17-12(16)11(7-2-3-7)15-10-5-4-8(13)6-9(10)14/h4-7,11,15H,2-3H2,1H3. The van der Waals surface area contributed by atoms with E-state index in [1.54, 1.807) is 6.07 Å². The summed E-state index contributed by atoms with van der Waals surface area (Å²) in [5.41, 5.74) is 0.275. The van der Waals surface area contributed by atoms with E-state index in [0.717, 1.165) is 12.8 Å². The van der Waals surface area contributed by atoms with Crippen molar-refractivity contribution in [2.45, 2.75) is 18.9 Å². The van der Waals surface area contributed by atoms with E-state index >= 15 is 0 Å². The third-order valence-electron chi connectivity index (χ3n) is 2.79. The number of hydrogen-bond acceptors (Lipinski definition) is 3. The Balaban J connectivity index is 2.14. The number of rotatable bonds is 4. The Morgan fingerprint density at radius 2 is 2.29 bits per heavy atom. The fourth-order valence-electron chi connectivity index (χ4n) is 1.70. The van der Waals surface area contributed by atoms with Gasteiger partial charge in [0, 0.05) is 5.02 Å². The van der Waals surface area contributed by atoms with Crippen molar-refractivity contribution in [1.29, 1.82) is 0 Å². The molecule has 1 N–H and O–H groups in total. The van der Waals surface area contributed by atoms with Crippen LogP contribution in [-0.4, -0.2) is 19.1 Å². The lowest BCUT2D eigenvalue weighted by Crippen LogP contribution is -2.33. The molecule has 0 aliphatic heterocycles. The van der Waals surface area contributed by atoms with Gasteiger partial charge in [0.25, 0.3) is 0 Å². The van der Waals surface area contributed by atoms with Crippen LogP contribution in [-0.2, 0) is 9.53 Å². The van der Waals surface area contributed by atoms with Crippen molar-refractivity contribution in [2.24, 2.45) is 5.92 Å². The van der Waals surface area contributed by atoms with Crippen LogP contribution < -0.4 is 5.32 Å². The van der Waals surface area contributed by atoms with Crippen LogP contribution in [0.15, 0.2) is 18.2 Å². The summed E-state index contributed by atoms with van der Waals surface area (Å²) >= 11 is 5.66.